The third-order valence-corrected chi connectivity index (χ3v) is 2.57. The number of ether oxygens (including phenoxy) is 2. The Hall–Kier alpha value is -2.56. The number of cyclic esters (lactones) is 1. The smallest absolute Gasteiger partial charge is 0.339 e. The van der Waals surface area contributed by atoms with Crippen molar-refractivity contribution in [3.63, 3.8) is 0 Å². The number of carbonyl (C=O) groups is 2. The zero-order valence-corrected chi connectivity index (χ0v) is 10.2. The number of esters is 1. The van der Waals surface area contributed by atoms with Gasteiger partial charge in [0.05, 0.1) is 0 Å². The quantitative estimate of drug-likeness (QED) is 0.509. The van der Waals surface area contributed by atoms with E-state index in [4.69, 9.17) is 14.6 Å². The number of carbonyl (C=O) groups excluding carboxylic acids is 1. The molecular formula is C14H12O5. The van der Waals surface area contributed by atoms with Gasteiger partial charge in [-0.3, -0.25) is 0 Å². The lowest BCUT2D eigenvalue weighted by Gasteiger charge is -2.09. The summed E-state index contributed by atoms with van der Waals surface area (Å²) in [5, 5.41) is 9.13. The Kier molecular flexibility index (Phi) is 3.66. The molecular weight excluding hydrogens is 248 g/mol. The molecule has 0 aromatic heterocycles. The molecule has 5 heteroatoms. The highest BCUT2D eigenvalue weighted by Crippen LogP contribution is 2.18. The van der Waals surface area contributed by atoms with Crippen LogP contribution in [0, 0.1) is 0 Å². The summed E-state index contributed by atoms with van der Waals surface area (Å²) in [6.45, 7) is 1.60. The first-order valence-corrected chi connectivity index (χ1v) is 5.61. The highest BCUT2D eigenvalue weighted by atomic mass is 16.7. The van der Waals surface area contributed by atoms with Crippen molar-refractivity contribution in [2.24, 2.45) is 0 Å². The topological polar surface area (TPSA) is 72.8 Å². The van der Waals surface area contributed by atoms with Gasteiger partial charge in [-0.2, -0.15) is 0 Å². The van der Waals surface area contributed by atoms with E-state index in [9.17, 15) is 9.59 Å². The van der Waals surface area contributed by atoms with E-state index in [1.807, 2.05) is 0 Å². The third-order valence-electron chi connectivity index (χ3n) is 2.57. The minimum Gasteiger partial charge on any atom is -0.478 e. The molecule has 2 rings (SSSR count). The van der Waals surface area contributed by atoms with Gasteiger partial charge in [0.2, 0.25) is 0 Å². The molecule has 98 valence electrons. The van der Waals surface area contributed by atoms with Crippen molar-refractivity contribution in [2.45, 2.75) is 13.2 Å². The first-order valence-electron chi connectivity index (χ1n) is 5.61. The number of carboxylic acids is 1. The average molecular weight is 260 g/mol. The molecule has 0 saturated heterocycles. The van der Waals surface area contributed by atoms with Crippen LogP contribution in [0.3, 0.4) is 0 Å². The minimum atomic E-state index is -1.11. The molecule has 1 aromatic rings. The predicted octanol–water partition coefficient (Wildman–Crippen LogP) is 1.96. The number of benzene rings is 1. The lowest BCUT2D eigenvalue weighted by Crippen LogP contribution is -2.10. The lowest BCUT2D eigenvalue weighted by atomic mass is 10.1. The van der Waals surface area contributed by atoms with Gasteiger partial charge in [-0.15, -0.1) is 0 Å². The van der Waals surface area contributed by atoms with Gasteiger partial charge < -0.3 is 14.6 Å². The Morgan fingerprint density at radius 3 is 2.58 bits per heavy atom. The van der Waals surface area contributed by atoms with Gasteiger partial charge in [-0.25, -0.2) is 9.59 Å². The zero-order valence-electron chi connectivity index (χ0n) is 10.2. The Morgan fingerprint density at radius 2 is 2.05 bits per heavy atom. The van der Waals surface area contributed by atoms with E-state index in [1.54, 1.807) is 37.3 Å². The fraction of sp³-hybridized carbons (Fsp3) is 0.143. The second-order valence-electron chi connectivity index (χ2n) is 3.96. The van der Waals surface area contributed by atoms with Crippen molar-refractivity contribution < 1.29 is 24.2 Å². The van der Waals surface area contributed by atoms with E-state index < -0.39 is 18.2 Å². The largest absolute Gasteiger partial charge is 0.478 e. The molecule has 5 nitrogen and oxygen atoms in total. The van der Waals surface area contributed by atoms with Crippen LogP contribution in [-0.4, -0.2) is 23.3 Å². The van der Waals surface area contributed by atoms with Gasteiger partial charge in [-0.1, -0.05) is 30.3 Å². The highest BCUT2D eigenvalue weighted by Gasteiger charge is 2.23. The summed E-state index contributed by atoms with van der Waals surface area (Å²) in [5.41, 5.74) is 0.949. The first kappa shape index (κ1) is 12.9. The average Bonchev–Trinajstić information content (AvgIpc) is 2.70. The van der Waals surface area contributed by atoms with Crippen LogP contribution in [0.15, 0.2) is 48.2 Å². The van der Waals surface area contributed by atoms with E-state index in [2.05, 4.69) is 0 Å². The molecule has 1 N–H and O–H groups in total. The molecule has 1 aliphatic rings. The first-order chi connectivity index (χ1) is 9.08. The number of rotatable bonds is 4. The number of carboxylic acid groups (broad SMARTS) is 1. The van der Waals surface area contributed by atoms with Crippen molar-refractivity contribution in [3.8, 4) is 0 Å². The molecule has 1 aliphatic heterocycles. The fourth-order valence-corrected chi connectivity index (χ4v) is 1.57. The van der Waals surface area contributed by atoms with Gasteiger partial charge >= 0.3 is 11.9 Å². The standard InChI is InChI=1S/C14H12O5/c1-9-7-12(19-14(9)17)18-8-11(13(15)16)10-5-3-2-4-6-10/h2-8,12H,1H3,(H,15,16)/b11-8+. The summed E-state index contributed by atoms with van der Waals surface area (Å²) >= 11 is 0. The summed E-state index contributed by atoms with van der Waals surface area (Å²) in [7, 11) is 0. The van der Waals surface area contributed by atoms with Crippen LogP contribution >= 0.6 is 0 Å². The van der Waals surface area contributed by atoms with Gasteiger partial charge in [0, 0.05) is 11.6 Å². The van der Waals surface area contributed by atoms with Crippen molar-refractivity contribution in [1.29, 1.82) is 0 Å². The SMILES string of the molecule is CC1=CC(O/C=C(/C(=O)O)c2ccccc2)OC1=O. The maximum atomic E-state index is 11.2. The number of hydrogen-bond donors (Lipinski definition) is 1. The van der Waals surface area contributed by atoms with Crippen LogP contribution < -0.4 is 0 Å². The molecule has 0 aliphatic carbocycles. The number of aliphatic carboxylic acids is 1. The van der Waals surface area contributed by atoms with E-state index in [0.717, 1.165) is 6.26 Å². The predicted molar refractivity (Wildman–Crippen MR) is 66.8 cm³/mol. The molecule has 0 radical (unpaired) electrons. The third kappa shape index (κ3) is 3.01. The highest BCUT2D eigenvalue weighted by molar-refractivity contribution is 6.15. The van der Waals surface area contributed by atoms with Gasteiger partial charge in [0.15, 0.2) is 0 Å². The molecule has 0 bridgehead atoms. The maximum Gasteiger partial charge on any atom is 0.339 e. The van der Waals surface area contributed by atoms with Crippen LogP contribution in [0.4, 0.5) is 0 Å². The van der Waals surface area contributed by atoms with Crippen LogP contribution in [0.1, 0.15) is 12.5 Å². The molecule has 0 fully saturated rings. The van der Waals surface area contributed by atoms with Crippen LogP contribution in [-0.2, 0) is 19.1 Å². The minimum absolute atomic E-state index is 0.00500. The molecule has 0 saturated carbocycles. The summed E-state index contributed by atoms with van der Waals surface area (Å²) < 4.78 is 10.0. The van der Waals surface area contributed by atoms with Gasteiger partial charge in [0.25, 0.3) is 6.29 Å². The van der Waals surface area contributed by atoms with Crippen molar-refractivity contribution in [2.75, 3.05) is 0 Å². The molecule has 1 aromatic carbocycles. The summed E-state index contributed by atoms with van der Waals surface area (Å²) in [6, 6.07) is 8.56. The Balaban J connectivity index is 2.15. The molecule has 19 heavy (non-hydrogen) atoms. The molecule has 1 unspecified atom stereocenters. The number of hydrogen-bond acceptors (Lipinski definition) is 4. The monoisotopic (exact) mass is 260 g/mol. The van der Waals surface area contributed by atoms with E-state index in [-0.39, 0.29) is 5.57 Å². The second-order valence-corrected chi connectivity index (χ2v) is 3.96. The van der Waals surface area contributed by atoms with Gasteiger partial charge in [0.1, 0.15) is 11.8 Å². The van der Waals surface area contributed by atoms with Crippen LogP contribution in [0.5, 0.6) is 0 Å². The second kappa shape index (κ2) is 5.39. The van der Waals surface area contributed by atoms with Crippen molar-refractivity contribution in [3.05, 3.63) is 53.8 Å². The van der Waals surface area contributed by atoms with Crippen molar-refractivity contribution >= 4 is 17.5 Å². The normalized spacial score (nSPS) is 18.8. The van der Waals surface area contributed by atoms with Crippen LogP contribution in [0.25, 0.3) is 5.57 Å². The van der Waals surface area contributed by atoms with E-state index in [1.165, 1.54) is 6.08 Å². The summed E-state index contributed by atoms with van der Waals surface area (Å²) in [4.78, 5) is 22.3. The van der Waals surface area contributed by atoms with E-state index >= 15 is 0 Å². The Morgan fingerprint density at radius 1 is 1.37 bits per heavy atom. The molecule has 0 amide bonds. The van der Waals surface area contributed by atoms with Crippen LogP contribution in [0.2, 0.25) is 0 Å². The van der Waals surface area contributed by atoms with Crippen molar-refractivity contribution in [1.82, 2.24) is 0 Å². The fourth-order valence-electron chi connectivity index (χ4n) is 1.57. The zero-order chi connectivity index (χ0) is 13.8. The summed E-state index contributed by atoms with van der Waals surface area (Å²) in [5.74, 6) is -1.58. The maximum absolute atomic E-state index is 11.2. The summed E-state index contributed by atoms with van der Waals surface area (Å²) in [6.07, 6.45) is 1.71. The molecule has 0 spiro atoms. The Labute approximate surface area is 109 Å². The molecule has 1 atom stereocenters. The molecule has 1 heterocycles. The Bertz CT molecular complexity index is 556. The van der Waals surface area contributed by atoms with Gasteiger partial charge in [-0.05, 0) is 12.5 Å². The van der Waals surface area contributed by atoms with E-state index in [0.29, 0.717) is 11.1 Å². The lowest BCUT2D eigenvalue weighted by molar-refractivity contribution is -0.152.